The minimum Gasteiger partial charge on any atom is -0.360 e. The molecule has 0 fully saturated rings. The Bertz CT molecular complexity index is 2690. The number of imidazole rings is 1. The zero-order chi connectivity index (χ0) is 36.5. The van der Waals surface area contributed by atoms with Gasteiger partial charge in [-0.15, -0.1) is 18.2 Å². The fourth-order valence-electron chi connectivity index (χ4n) is 7.27. The van der Waals surface area contributed by atoms with E-state index >= 15 is 0 Å². The average Bonchev–Trinajstić information content (AvgIpc) is 3.72. The van der Waals surface area contributed by atoms with E-state index in [1.54, 1.807) is 4.40 Å². The quantitative estimate of drug-likeness (QED) is 0.118. The van der Waals surface area contributed by atoms with Gasteiger partial charge in [-0.2, -0.15) is 11.3 Å². The fourth-order valence-corrected chi connectivity index (χ4v) is 11.8. The molecule has 0 aliphatic heterocycles. The maximum atomic E-state index is 5.19. The van der Waals surface area contributed by atoms with Gasteiger partial charge in [-0.05, 0) is 44.6 Å². The van der Waals surface area contributed by atoms with Crippen LogP contribution >= 0.6 is 11.3 Å². The van der Waals surface area contributed by atoms with Crippen LogP contribution in [0.2, 0.25) is 17.3 Å². The number of fused-ring (bicyclic) bond motifs is 5. The molecule has 6 aromatic carbocycles. The Hall–Kier alpha value is -4.39. The van der Waals surface area contributed by atoms with Crippen LogP contribution in [-0.4, -0.2) is 27.8 Å². The molecule has 0 aliphatic rings. The van der Waals surface area contributed by atoms with E-state index in [1.165, 1.54) is 42.1 Å². The molecule has 3 nitrogen and oxygen atoms in total. The smallest absolute Gasteiger partial charge is 0.0777 e. The number of hydrogen-bond acceptors (Lipinski definition) is 3. The summed E-state index contributed by atoms with van der Waals surface area (Å²) in [4.78, 5) is 9.89. The van der Waals surface area contributed by atoms with Crippen molar-refractivity contribution in [1.82, 2.24) is 14.5 Å². The van der Waals surface area contributed by atoms with Gasteiger partial charge in [0.15, 0.2) is 0 Å². The van der Waals surface area contributed by atoms with Gasteiger partial charge in [0.2, 0.25) is 0 Å². The molecule has 0 atom stereocenters. The first kappa shape index (κ1) is 37.9. The number of nitrogens with zero attached hydrogens (tertiary/aromatic N) is 3. The van der Waals surface area contributed by atoms with Crippen LogP contribution in [0.3, 0.4) is 0 Å². The van der Waals surface area contributed by atoms with Gasteiger partial charge in [-0.3, -0.25) is 4.98 Å². The summed E-state index contributed by atoms with van der Waals surface area (Å²) in [5.41, 5.74) is 8.14. The summed E-state index contributed by atoms with van der Waals surface area (Å²) in [6, 6.07) is 53.7. The number of benzene rings is 6. The van der Waals surface area contributed by atoms with Gasteiger partial charge in [0.1, 0.15) is 0 Å². The minimum absolute atomic E-state index is 0. The van der Waals surface area contributed by atoms with Crippen LogP contribution in [0, 0.1) is 18.1 Å². The summed E-state index contributed by atoms with van der Waals surface area (Å²) in [5, 5.41) is 5.01. The Morgan fingerprint density at radius 1 is 0.741 bits per heavy atom. The summed E-state index contributed by atoms with van der Waals surface area (Å²) in [7, 11) is 0. The van der Waals surface area contributed by atoms with E-state index in [2.05, 4.69) is 163 Å². The Kier molecular flexibility index (Phi) is 11.3. The second-order valence-corrected chi connectivity index (χ2v) is 26.9. The van der Waals surface area contributed by atoms with E-state index in [-0.39, 0.29) is 20.1 Å². The van der Waals surface area contributed by atoms with Gasteiger partial charge in [0, 0.05) is 31.4 Å². The van der Waals surface area contributed by atoms with Crippen molar-refractivity contribution in [2.24, 2.45) is 5.92 Å². The number of rotatable bonds is 7. The third-order valence-corrected chi connectivity index (χ3v) is 15.3. The SMILES string of the molecule is CC(C)Cc1cc(-c2[c-]cccc2)nc[c]1[Ge]([CH3])([CH3])[CH3].[Ir].[c-]1ccc2c(sc3ccccc32)c1-c1nc2cc3ccccc3cc2n1Cc1ccccc1. The first-order valence-corrected chi connectivity index (χ1v) is 26.6. The van der Waals surface area contributed by atoms with Crippen molar-refractivity contribution in [2.45, 2.75) is 44.1 Å². The Balaban J connectivity index is 0.000000186. The zero-order valence-electron chi connectivity index (χ0n) is 31.4. The average molecular weight is 959 g/mol. The topological polar surface area (TPSA) is 30.7 Å². The third-order valence-electron chi connectivity index (χ3n) is 9.77. The van der Waals surface area contributed by atoms with Crippen LogP contribution in [0.4, 0.5) is 0 Å². The van der Waals surface area contributed by atoms with Crippen molar-refractivity contribution >= 4 is 71.0 Å². The molecule has 9 aromatic rings. The molecule has 0 saturated heterocycles. The van der Waals surface area contributed by atoms with Crippen LogP contribution in [-0.2, 0) is 33.1 Å². The second kappa shape index (κ2) is 16.1. The predicted octanol–water partition coefficient (Wildman–Crippen LogP) is 12.4. The molecule has 0 amide bonds. The molecular formula is C48H43GeIrN3S-2. The normalized spacial score (nSPS) is 11.6. The van der Waals surface area contributed by atoms with Gasteiger partial charge in [0.05, 0.1) is 16.9 Å². The number of pyridine rings is 1. The van der Waals surface area contributed by atoms with E-state index < -0.39 is 13.3 Å². The maximum Gasteiger partial charge on any atom is 0.0777 e. The molecule has 0 unspecified atom stereocenters. The maximum absolute atomic E-state index is 5.19. The molecule has 271 valence electrons. The van der Waals surface area contributed by atoms with E-state index in [0.29, 0.717) is 5.92 Å². The van der Waals surface area contributed by atoms with E-state index in [1.807, 2.05) is 35.6 Å². The Morgan fingerprint density at radius 3 is 2.20 bits per heavy atom. The molecule has 9 rings (SSSR count). The van der Waals surface area contributed by atoms with Gasteiger partial charge >= 0.3 is 126 Å². The Labute approximate surface area is 338 Å². The summed E-state index contributed by atoms with van der Waals surface area (Å²) >= 11 is -0.0316. The molecule has 6 heteroatoms. The van der Waals surface area contributed by atoms with Crippen molar-refractivity contribution in [3.05, 3.63) is 163 Å². The molecule has 1 radical (unpaired) electrons. The minimum atomic E-state index is -1.86. The van der Waals surface area contributed by atoms with Crippen molar-refractivity contribution in [1.29, 1.82) is 0 Å². The summed E-state index contributed by atoms with van der Waals surface area (Å²) in [5.74, 6) is 8.97. The molecule has 0 N–H and O–H groups in total. The first-order valence-electron chi connectivity index (χ1n) is 18.4. The standard InChI is InChI=1S/C30H19N2S.C18H24GeN.Ir/c1-2-9-20(10-3-1)19-32-27-18-22-12-5-4-11-21(22)17-26(27)31-30(32)25-15-8-14-24-23-13-6-7-16-28(23)33-29(24)25;1-14(2)11-16-12-18(15-9-7-6-8-10-15)20-13-17(16)19(3,4)5;/h1-14,16-18H,19H2;6-9,12-14H,11H2,1-5H3;/q2*-1;. The molecule has 0 bridgehead atoms. The van der Waals surface area contributed by atoms with E-state index in [9.17, 15) is 0 Å². The van der Waals surface area contributed by atoms with Crippen molar-refractivity contribution in [3.8, 4) is 22.6 Å². The summed E-state index contributed by atoms with van der Waals surface area (Å²) in [6.07, 6.45) is 3.27. The van der Waals surface area contributed by atoms with Crippen LogP contribution in [0.1, 0.15) is 25.0 Å². The molecule has 0 aliphatic carbocycles. The number of thiophene rings is 1. The molecule has 0 spiro atoms. The van der Waals surface area contributed by atoms with Crippen molar-refractivity contribution < 1.29 is 20.1 Å². The number of hydrogen-bond donors (Lipinski definition) is 0. The van der Waals surface area contributed by atoms with Crippen molar-refractivity contribution in [3.63, 3.8) is 0 Å². The van der Waals surface area contributed by atoms with Crippen LogP contribution in [0.25, 0.3) is 64.6 Å². The largest absolute Gasteiger partial charge is 0.360 e. The summed E-state index contributed by atoms with van der Waals surface area (Å²) in [6.45, 7) is 5.34. The molecule has 54 heavy (non-hydrogen) atoms. The first-order chi connectivity index (χ1) is 25.7. The van der Waals surface area contributed by atoms with Gasteiger partial charge in [-0.25, -0.2) is 0 Å². The number of aromatic nitrogens is 3. The second-order valence-electron chi connectivity index (χ2n) is 15.2. The summed E-state index contributed by atoms with van der Waals surface area (Å²) < 4.78 is 6.43. The molecular weight excluding hydrogens is 915 g/mol. The van der Waals surface area contributed by atoms with E-state index in [4.69, 9.17) is 9.97 Å². The third kappa shape index (κ3) is 7.88. The van der Waals surface area contributed by atoms with Gasteiger partial charge in [0.25, 0.3) is 0 Å². The van der Waals surface area contributed by atoms with Crippen LogP contribution < -0.4 is 4.40 Å². The van der Waals surface area contributed by atoms with E-state index in [0.717, 1.165) is 46.6 Å². The Morgan fingerprint density at radius 2 is 1.46 bits per heavy atom. The predicted molar refractivity (Wildman–Crippen MR) is 230 cm³/mol. The molecule has 0 saturated carbocycles. The molecule has 3 heterocycles. The zero-order valence-corrected chi connectivity index (χ0v) is 36.7. The molecule has 3 aromatic heterocycles. The van der Waals surface area contributed by atoms with Crippen molar-refractivity contribution in [2.75, 3.05) is 0 Å². The van der Waals surface area contributed by atoms with Gasteiger partial charge in [-0.1, -0.05) is 83.7 Å². The fraction of sp³-hybridized carbons (Fsp3) is 0.167. The monoisotopic (exact) mass is 960 g/mol. The van der Waals surface area contributed by atoms with Crippen LogP contribution in [0.5, 0.6) is 0 Å². The van der Waals surface area contributed by atoms with Crippen LogP contribution in [0.15, 0.2) is 140 Å². The van der Waals surface area contributed by atoms with Gasteiger partial charge < -0.3 is 4.57 Å².